The average Bonchev–Trinajstić information content (AvgIpc) is 3.15. The molecule has 0 bridgehead atoms. The van der Waals surface area contributed by atoms with Crippen LogP contribution in [0.3, 0.4) is 0 Å². The molecular weight excluding hydrogens is 375 g/mol. The van der Waals surface area contributed by atoms with Gasteiger partial charge in [-0.1, -0.05) is 38.7 Å². The fourth-order valence-corrected chi connectivity index (χ4v) is 3.60. The molecule has 0 spiro atoms. The summed E-state index contributed by atoms with van der Waals surface area (Å²) < 4.78 is 42.9. The first-order valence-corrected chi connectivity index (χ1v) is 9.38. The van der Waals surface area contributed by atoms with Crippen molar-refractivity contribution in [2.45, 2.75) is 58.2 Å². The maximum atomic E-state index is 12.8. The number of amides is 1. The van der Waals surface area contributed by atoms with Gasteiger partial charge in [-0.05, 0) is 24.5 Å². The van der Waals surface area contributed by atoms with Crippen LogP contribution in [0, 0.1) is 5.92 Å². The minimum absolute atomic E-state index is 0.0601. The summed E-state index contributed by atoms with van der Waals surface area (Å²) >= 11 is 0. The number of nitrogens with zero attached hydrogens (tertiary/aromatic N) is 2. The van der Waals surface area contributed by atoms with Crippen LogP contribution in [0.1, 0.15) is 51.3 Å². The third-order valence-electron chi connectivity index (χ3n) is 4.96. The Labute approximate surface area is 159 Å². The Kier molecular flexibility index (Phi) is 5.90. The summed E-state index contributed by atoms with van der Waals surface area (Å²) in [5.41, 5.74) is 1.74. The Balaban J connectivity index is 1.89. The minimum Gasteiger partial charge on any atom is -0.403 e. The Bertz CT molecular complexity index is 918. The van der Waals surface area contributed by atoms with Crippen molar-refractivity contribution in [1.82, 2.24) is 9.66 Å². The molecule has 0 saturated heterocycles. The van der Waals surface area contributed by atoms with Crippen LogP contribution in [-0.2, 0) is 11.2 Å². The molecule has 1 amide bonds. The van der Waals surface area contributed by atoms with E-state index in [1.54, 1.807) is 6.92 Å². The second-order valence-electron chi connectivity index (χ2n) is 6.95. The summed E-state index contributed by atoms with van der Waals surface area (Å²) in [7, 11) is 0. The molecule has 3 rings (SSSR count). The zero-order valence-corrected chi connectivity index (χ0v) is 15.5. The van der Waals surface area contributed by atoms with Gasteiger partial charge in [0.2, 0.25) is 5.91 Å². The molecule has 1 aliphatic rings. The Morgan fingerprint density at radius 2 is 2.04 bits per heavy atom. The fraction of sp³-hybridized carbons (Fsp3) is 0.526. The van der Waals surface area contributed by atoms with E-state index in [1.165, 1.54) is 25.0 Å². The highest BCUT2D eigenvalue weighted by Crippen LogP contribution is 2.29. The van der Waals surface area contributed by atoms with E-state index in [2.05, 4.69) is 15.1 Å². The van der Waals surface area contributed by atoms with Crippen LogP contribution in [0.15, 0.2) is 23.0 Å². The highest BCUT2D eigenvalue weighted by atomic mass is 19.4. The van der Waals surface area contributed by atoms with Crippen molar-refractivity contribution in [2.24, 2.45) is 5.92 Å². The largest absolute Gasteiger partial charge is 0.573 e. The molecule has 1 aromatic heterocycles. The summed E-state index contributed by atoms with van der Waals surface area (Å²) in [6.07, 6.45) is 0.993. The number of fused-ring (bicyclic) bond motifs is 1. The third-order valence-corrected chi connectivity index (χ3v) is 4.96. The van der Waals surface area contributed by atoms with Gasteiger partial charge in [0.1, 0.15) is 11.3 Å². The molecule has 1 saturated carbocycles. The lowest BCUT2D eigenvalue weighted by Gasteiger charge is -2.16. The monoisotopic (exact) mass is 397 g/mol. The van der Waals surface area contributed by atoms with Gasteiger partial charge >= 0.3 is 6.36 Å². The number of aromatic nitrogens is 2. The lowest BCUT2D eigenvalue weighted by molar-refractivity contribution is -0.274. The van der Waals surface area contributed by atoms with Crippen LogP contribution < -0.4 is 15.7 Å². The van der Waals surface area contributed by atoms with Crippen molar-refractivity contribution < 1.29 is 22.7 Å². The second-order valence-corrected chi connectivity index (χ2v) is 6.95. The second kappa shape index (κ2) is 8.20. The summed E-state index contributed by atoms with van der Waals surface area (Å²) in [5, 5.41) is -0.0601. The number of benzene rings is 1. The van der Waals surface area contributed by atoms with Gasteiger partial charge in [-0.2, -0.15) is 0 Å². The number of rotatable bonds is 6. The molecule has 1 N–H and O–H groups in total. The Hall–Kier alpha value is -2.58. The highest BCUT2D eigenvalue weighted by molar-refractivity contribution is 5.86. The van der Waals surface area contributed by atoms with Crippen molar-refractivity contribution in [1.29, 1.82) is 0 Å². The van der Waals surface area contributed by atoms with E-state index in [9.17, 15) is 22.8 Å². The number of aryl methyl sites for hydroxylation is 1. The van der Waals surface area contributed by atoms with Gasteiger partial charge in [-0.25, -0.2) is 9.66 Å². The zero-order chi connectivity index (χ0) is 20.3. The molecule has 9 heteroatoms. The molecule has 1 fully saturated rings. The summed E-state index contributed by atoms with van der Waals surface area (Å²) in [6.45, 7) is 1.70. The first-order valence-electron chi connectivity index (χ1n) is 9.38. The smallest absolute Gasteiger partial charge is 0.403 e. The van der Waals surface area contributed by atoms with Gasteiger partial charge in [0.15, 0.2) is 5.75 Å². The fourth-order valence-electron chi connectivity index (χ4n) is 3.60. The molecule has 0 radical (unpaired) electrons. The molecular formula is C19H22F3N3O3. The SMILES string of the molecule is CCc1nc2c(OC(F)(F)F)cccc2c(=O)n1NC(=O)CCC1CCCC1. The molecule has 6 nitrogen and oxygen atoms in total. The first-order chi connectivity index (χ1) is 13.3. The molecule has 28 heavy (non-hydrogen) atoms. The average molecular weight is 397 g/mol. The predicted octanol–water partition coefficient (Wildman–Crippen LogP) is 3.90. The number of nitrogens with one attached hydrogen (secondary N) is 1. The maximum Gasteiger partial charge on any atom is 0.573 e. The quantitative estimate of drug-likeness (QED) is 0.803. The van der Waals surface area contributed by atoms with Crippen molar-refractivity contribution in [2.75, 3.05) is 5.43 Å². The molecule has 1 aromatic carbocycles. The van der Waals surface area contributed by atoms with Crippen LogP contribution in [0.4, 0.5) is 13.2 Å². The summed E-state index contributed by atoms with van der Waals surface area (Å²) in [5.74, 6) is -0.168. The Morgan fingerprint density at radius 3 is 2.68 bits per heavy atom. The van der Waals surface area contributed by atoms with E-state index >= 15 is 0 Å². The molecule has 0 atom stereocenters. The van der Waals surface area contributed by atoms with Crippen LogP contribution in [0.5, 0.6) is 5.75 Å². The Morgan fingerprint density at radius 1 is 1.32 bits per heavy atom. The number of hydrogen-bond donors (Lipinski definition) is 1. The van der Waals surface area contributed by atoms with E-state index in [0.717, 1.165) is 30.0 Å². The molecule has 152 valence electrons. The number of ether oxygens (including phenoxy) is 1. The van der Waals surface area contributed by atoms with Crippen LogP contribution in [-0.4, -0.2) is 21.9 Å². The number of hydrogen-bond acceptors (Lipinski definition) is 4. The first kappa shape index (κ1) is 20.2. The summed E-state index contributed by atoms with van der Waals surface area (Å²) in [6, 6.07) is 3.74. The zero-order valence-electron chi connectivity index (χ0n) is 15.5. The number of carbonyl (C=O) groups is 1. The number of halogens is 3. The van der Waals surface area contributed by atoms with E-state index in [4.69, 9.17) is 0 Å². The lowest BCUT2D eigenvalue weighted by atomic mass is 10.0. The molecule has 2 aromatic rings. The van der Waals surface area contributed by atoms with Gasteiger partial charge in [-0.15, -0.1) is 13.2 Å². The van der Waals surface area contributed by atoms with E-state index in [-0.39, 0.29) is 35.5 Å². The van der Waals surface area contributed by atoms with Crippen LogP contribution >= 0.6 is 0 Å². The van der Waals surface area contributed by atoms with E-state index < -0.39 is 17.7 Å². The van der Waals surface area contributed by atoms with Crippen LogP contribution in [0.25, 0.3) is 10.9 Å². The van der Waals surface area contributed by atoms with Crippen molar-refractivity contribution in [3.8, 4) is 5.75 Å². The van der Waals surface area contributed by atoms with Crippen LogP contribution in [0.2, 0.25) is 0 Å². The van der Waals surface area contributed by atoms with Gasteiger partial charge < -0.3 is 4.74 Å². The maximum absolute atomic E-state index is 12.8. The van der Waals surface area contributed by atoms with E-state index in [1.807, 2.05) is 0 Å². The number of para-hydroxylation sites is 1. The van der Waals surface area contributed by atoms with Gasteiger partial charge in [0.05, 0.1) is 5.39 Å². The van der Waals surface area contributed by atoms with E-state index in [0.29, 0.717) is 5.92 Å². The van der Waals surface area contributed by atoms with Gasteiger partial charge in [-0.3, -0.25) is 15.0 Å². The van der Waals surface area contributed by atoms with Crippen molar-refractivity contribution >= 4 is 16.8 Å². The number of carbonyl (C=O) groups excluding carboxylic acids is 1. The number of alkyl halides is 3. The molecule has 0 aliphatic heterocycles. The van der Waals surface area contributed by atoms with Crippen molar-refractivity contribution in [3.63, 3.8) is 0 Å². The summed E-state index contributed by atoms with van der Waals surface area (Å²) in [4.78, 5) is 29.3. The molecule has 0 unspecified atom stereocenters. The normalized spacial score (nSPS) is 15.1. The predicted molar refractivity (Wildman–Crippen MR) is 97.6 cm³/mol. The van der Waals surface area contributed by atoms with Crippen molar-refractivity contribution in [3.05, 3.63) is 34.4 Å². The lowest BCUT2D eigenvalue weighted by Crippen LogP contribution is -2.36. The highest BCUT2D eigenvalue weighted by Gasteiger charge is 2.32. The minimum atomic E-state index is -4.90. The topological polar surface area (TPSA) is 73.2 Å². The standard InChI is InChI=1S/C19H22F3N3O3/c1-2-15-23-17-13(8-5-9-14(17)28-19(20,21)22)18(27)25(15)24-16(26)11-10-12-6-3-4-7-12/h5,8-9,12H,2-4,6-7,10-11H2,1H3,(H,24,26). The van der Waals surface area contributed by atoms with Gasteiger partial charge in [0.25, 0.3) is 5.56 Å². The molecule has 1 aliphatic carbocycles. The third kappa shape index (κ3) is 4.63. The van der Waals surface area contributed by atoms with Gasteiger partial charge in [0, 0.05) is 12.8 Å². The molecule has 1 heterocycles.